The first-order valence-electron chi connectivity index (χ1n) is 9.83. The number of likely N-dealkylation sites (tertiary alicyclic amines) is 1. The van der Waals surface area contributed by atoms with Gasteiger partial charge in [-0.25, -0.2) is 4.98 Å². The standard InChI is InChI=1S/C20H25N3O3S2/c1-26-20(25)17-12-23(10-11-27-17)18(24)13-22-9-5-4-7-15(22)19-21-14-6-2-3-8-16(14)28-19/h2-3,6,8,15,17H,4-5,7,9-13H2,1H3/p+1/t15-,17+/m1/s1. The van der Waals surface area contributed by atoms with E-state index in [1.807, 2.05) is 17.0 Å². The molecule has 150 valence electrons. The van der Waals surface area contributed by atoms with E-state index in [1.165, 1.54) is 23.1 Å². The number of nitrogens with zero attached hydrogens (tertiary/aromatic N) is 2. The molecule has 0 bridgehead atoms. The number of carbonyl (C=O) groups is 2. The van der Waals surface area contributed by atoms with E-state index in [-0.39, 0.29) is 23.2 Å². The third kappa shape index (κ3) is 4.18. The van der Waals surface area contributed by atoms with E-state index in [4.69, 9.17) is 9.72 Å². The zero-order chi connectivity index (χ0) is 19.5. The quantitative estimate of drug-likeness (QED) is 0.760. The number of nitrogens with one attached hydrogen (secondary N) is 1. The number of benzene rings is 1. The summed E-state index contributed by atoms with van der Waals surface area (Å²) >= 11 is 3.34. The highest BCUT2D eigenvalue weighted by molar-refractivity contribution is 8.00. The Morgan fingerprint density at radius 3 is 3.00 bits per heavy atom. The monoisotopic (exact) mass is 420 g/mol. The molecule has 0 saturated carbocycles. The molecule has 2 fully saturated rings. The molecule has 2 aliphatic heterocycles. The van der Waals surface area contributed by atoms with Crippen LogP contribution in [-0.2, 0) is 14.3 Å². The molecule has 4 rings (SSSR count). The summed E-state index contributed by atoms with van der Waals surface area (Å²) in [6, 6.07) is 8.52. The molecular formula is C20H26N3O3S2+. The minimum Gasteiger partial charge on any atom is -0.468 e. The van der Waals surface area contributed by atoms with Crippen LogP contribution in [0.25, 0.3) is 10.2 Å². The van der Waals surface area contributed by atoms with Crippen molar-refractivity contribution in [3.05, 3.63) is 29.3 Å². The Balaban J connectivity index is 1.46. The summed E-state index contributed by atoms with van der Waals surface area (Å²) in [6.07, 6.45) is 3.40. The van der Waals surface area contributed by atoms with Gasteiger partial charge in [0, 0.05) is 25.3 Å². The molecule has 3 heterocycles. The highest BCUT2D eigenvalue weighted by Gasteiger charge is 2.35. The van der Waals surface area contributed by atoms with Crippen molar-refractivity contribution in [3.8, 4) is 0 Å². The molecule has 2 aromatic rings. The van der Waals surface area contributed by atoms with Gasteiger partial charge >= 0.3 is 5.97 Å². The van der Waals surface area contributed by atoms with Gasteiger partial charge < -0.3 is 14.5 Å². The molecule has 0 radical (unpaired) electrons. The molecule has 2 saturated heterocycles. The maximum absolute atomic E-state index is 13.0. The maximum atomic E-state index is 13.0. The van der Waals surface area contributed by atoms with Crippen molar-refractivity contribution in [1.29, 1.82) is 0 Å². The molecule has 2 aliphatic rings. The number of para-hydroxylation sites is 1. The Hall–Kier alpha value is -1.64. The van der Waals surface area contributed by atoms with Gasteiger partial charge in [-0.1, -0.05) is 12.1 Å². The first-order valence-corrected chi connectivity index (χ1v) is 11.7. The van der Waals surface area contributed by atoms with Gasteiger partial charge in [0.25, 0.3) is 5.91 Å². The maximum Gasteiger partial charge on any atom is 0.320 e. The van der Waals surface area contributed by atoms with Crippen LogP contribution < -0.4 is 4.90 Å². The van der Waals surface area contributed by atoms with Gasteiger partial charge in [-0.15, -0.1) is 23.1 Å². The van der Waals surface area contributed by atoms with Crippen LogP contribution in [0, 0.1) is 0 Å². The molecule has 0 aliphatic carbocycles. The number of quaternary nitrogens is 1. The fraction of sp³-hybridized carbons (Fsp3) is 0.550. The van der Waals surface area contributed by atoms with Crippen LogP contribution in [0.2, 0.25) is 0 Å². The average Bonchev–Trinajstić information content (AvgIpc) is 3.17. The number of thiazole rings is 1. The molecule has 1 aromatic carbocycles. The molecule has 8 heteroatoms. The van der Waals surface area contributed by atoms with E-state index >= 15 is 0 Å². The number of carbonyl (C=O) groups excluding carboxylic acids is 2. The Bertz CT molecular complexity index is 823. The highest BCUT2D eigenvalue weighted by Crippen LogP contribution is 2.28. The fourth-order valence-electron chi connectivity index (χ4n) is 4.08. The predicted molar refractivity (Wildman–Crippen MR) is 112 cm³/mol. The fourth-order valence-corrected chi connectivity index (χ4v) is 6.37. The van der Waals surface area contributed by atoms with Gasteiger partial charge in [0.05, 0.1) is 23.9 Å². The van der Waals surface area contributed by atoms with E-state index in [1.54, 1.807) is 23.1 Å². The van der Waals surface area contributed by atoms with Crippen molar-refractivity contribution in [1.82, 2.24) is 9.88 Å². The third-order valence-electron chi connectivity index (χ3n) is 5.60. The van der Waals surface area contributed by atoms with Gasteiger partial charge in [0.2, 0.25) is 0 Å². The van der Waals surface area contributed by atoms with Crippen molar-refractivity contribution in [3.63, 3.8) is 0 Å². The second kappa shape index (κ2) is 8.80. The topological polar surface area (TPSA) is 63.9 Å². The lowest BCUT2D eigenvalue weighted by atomic mass is 10.0. The SMILES string of the molecule is COC(=O)[C@@H]1CN(C(=O)C[NH+]2CCCC[C@@H]2c2nc3ccccc3s2)CCS1. The molecule has 0 spiro atoms. The van der Waals surface area contributed by atoms with Crippen LogP contribution in [0.4, 0.5) is 0 Å². The molecular weight excluding hydrogens is 394 g/mol. The summed E-state index contributed by atoms with van der Waals surface area (Å²) < 4.78 is 6.07. The lowest BCUT2D eigenvalue weighted by Crippen LogP contribution is -3.14. The van der Waals surface area contributed by atoms with Gasteiger partial charge in [-0.2, -0.15) is 0 Å². The molecule has 6 nitrogen and oxygen atoms in total. The van der Waals surface area contributed by atoms with Gasteiger partial charge in [0.1, 0.15) is 11.3 Å². The summed E-state index contributed by atoms with van der Waals surface area (Å²) in [7, 11) is 1.41. The average molecular weight is 421 g/mol. The number of ether oxygens (including phenoxy) is 1. The van der Waals surface area contributed by atoms with Crippen LogP contribution in [-0.4, -0.2) is 66.1 Å². The smallest absolute Gasteiger partial charge is 0.320 e. The number of fused-ring (bicyclic) bond motifs is 1. The summed E-state index contributed by atoms with van der Waals surface area (Å²) in [5, 5.41) is 0.879. The number of esters is 1. The summed E-state index contributed by atoms with van der Waals surface area (Å²) in [5.41, 5.74) is 1.05. The summed E-state index contributed by atoms with van der Waals surface area (Å²) in [4.78, 5) is 32.9. The second-order valence-corrected chi connectivity index (χ2v) is 9.75. The summed E-state index contributed by atoms with van der Waals surface area (Å²) in [5.74, 6) is 0.680. The zero-order valence-electron chi connectivity index (χ0n) is 16.1. The van der Waals surface area contributed by atoms with Gasteiger partial charge in [-0.3, -0.25) is 9.59 Å². The van der Waals surface area contributed by atoms with E-state index in [9.17, 15) is 9.59 Å². The Morgan fingerprint density at radius 1 is 1.32 bits per heavy atom. The van der Waals surface area contributed by atoms with Crippen LogP contribution >= 0.6 is 23.1 Å². The van der Waals surface area contributed by atoms with Crippen LogP contribution in [0.3, 0.4) is 0 Å². The van der Waals surface area contributed by atoms with Crippen molar-refractivity contribution < 1.29 is 19.2 Å². The van der Waals surface area contributed by atoms with E-state index in [0.717, 1.165) is 35.7 Å². The molecule has 1 N–H and O–H groups in total. The van der Waals surface area contributed by atoms with E-state index < -0.39 is 0 Å². The number of methoxy groups -OCH3 is 1. The Labute approximate surface area is 173 Å². The van der Waals surface area contributed by atoms with Crippen molar-refractivity contribution in [2.45, 2.75) is 30.6 Å². The number of hydrogen-bond donors (Lipinski definition) is 1. The molecule has 1 unspecified atom stereocenters. The number of rotatable bonds is 4. The number of thioether (sulfide) groups is 1. The molecule has 1 amide bonds. The predicted octanol–water partition coefficient (Wildman–Crippen LogP) is 1.52. The number of piperidine rings is 1. The number of amides is 1. The number of aromatic nitrogens is 1. The minimum atomic E-state index is -0.265. The van der Waals surface area contributed by atoms with E-state index in [0.29, 0.717) is 19.6 Å². The Kier molecular flexibility index (Phi) is 6.18. The second-order valence-electron chi connectivity index (χ2n) is 7.38. The van der Waals surface area contributed by atoms with E-state index in [2.05, 4.69) is 12.1 Å². The van der Waals surface area contributed by atoms with Crippen molar-refractivity contribution in [2.24, 2.45) is 0 Å². The van der Waals surface area contributed by atoms with Crippen LogP contribution in [0.1, 0.15) is 30.3 Å². The number of hydrogen-bond acceptors (Lipinski definition) is 6. The summed E-state index contributed by atoms with van der Waals surface area (Å²) in [6.45, 7) is 2.62. The highest BCUT2D eigenvalue weighted by atomic mass is 32.2. The van der Waals surface area contributed by atoms with Crippen molar-refractivity contribution >= 4 is 45.2 Å². The lowest BCUT2D eigenvalue weighted by Gasteiger charge is -2.35. The zero-order valence-corrected chi connectivity index (χ0v) is 17.7. The van der Waals surface area contributed by atoms with Crippen molar-refractivity contribution in [2.75, 3.05) is 39.0 Å². The lowest BCUT2D eigenvalue weighted by molar-refractivity contribution is -0.929. The van der Waals surface area contributed by atoms with Crippen LogP contribution in [0.5, 0.6) is 0 Å². The Morgan fingerprint density at radius 2 is 2.18 bits per heavy atom. The third-order valence-corrected chi connectivity index (χ3v) is 7.92. The first kappa shape index (κ1) is 19.7. The van der Waals surface area contributed by atoms with Crippen LogP contribution in [0.15, 0.2) is 24.3 Å². The van der Waals surface area contributed by atoms with Gasteiger partial charge in [0.15, 0.2) is 11.6 Å². The largest absolute Gasteiger partial charge is 0.468 e. The normalized spacial score (nSPS) is 25.6. The molecule has 1 aromatic heterocycles. The molecule has 3 atom stereocenters. The molecule has 28 heavy (non-hydrogen) atoms. The minimum absolute atomic E-state index is 0.136. The van der Waals surface area contributed by atoms with Gasteiger partial charge in [-0.05, 0) is 25.0 Å². The first-order chi connectivity index (χ1) is 13.7.